The first-order valence-electron chi connectivity index (χ1n) is 17.7. The topological polar surface area (TPSA) is 134 Å². The summed E-state index contributed by atoms with van der Waals surface area (Å²) in [6.45, 7) is 10.8. The van der Waals surface area contributed by atoms with Crippen molar-refractivity contribution in [1.82, 2.24) is 9.62 Å². The lowest BCUT2D eigenvalue weighted by Gasteiger charge is -2.39. The monoisotopic (exact) mass is 813 g/mol. The number of nitro groups is 1. The van der Waals surface area contributed by atoms with Crippen LogP contribution in [0.4, 0.5) is 17.1 Å². The summed E-state index contributed by atoms with van der Waals surface area (Å²) < 4.78 is 34.3. The number of halogens is 2. The third-order valence-electron chi connectivity index (χ3n) is 10.4. The second kappa shape index (κ2) is 16.3. The molecular weight excluding hydrogens is 770 g/mol. The summed E-state index contributed by atoms with van der Waals surface area (Å²) >= 11 is 9.67. The molecule has 2 fully saturated rings. The number of ether oxygens (including phenoxy) is 1. The SMILES string of the molecule is CC1(C)CCC(CN2CCN(c3ccc(C(=O)NS(=O)(=O)c4ccc(NCC5CCOCC5)c([N+](=O)[O-])c4)c(Br)c3)CC2)=C(c2ccc(Cl)cc2)C1. The molecule has 0 spiro atoms. The van der Waals surface area contributed by atoms with Gasteiger partial charge in [0.2, 0.25) is 0 Å². The number of allylic oxidation sites excluding steroid dienone is 1. The van der Waals surface area contributed by atoms with Crippen LogP contribution in [0.25, 0.3) is 5.57 Å². The number of sulfonamides is 1. The van der Waals surface area contributed by atoms with Crippen LogP contribution in [0.15, 0.2) is 75.6 Å². The Bertz CT molecular complexity index is 1940. The standard InChI is InChI=1S/C38H45BrClN5O6S/c1-38(2)14-11-28(33(23-38)27-3-5-29(40)6-4-27)25-43-15-17-44(18-16-43)30-7-9-32(34(39)21-30)37(46)42-52(49,50)31-8-10-35(36(22-31)45(47)48)41-24-26-12-19-51-20-13-26/h3-10,21-22,26,41H,11-20,23-25H2,1-2H3,(H,42,46). The van der Waals surface area contributed by atoms with E-state index in [4.69, 9.17) is 16.3 Å². The van der Waals surface area contributed by atoms with E-state index in [0.29, 0.717) is 30.1 Å². The minimum absolute atomic E-state index is 0.136. The lowest BCUT2D eigenvalue weighted by atomic mass is 9.72. The smallest absolute Gasteiger partial charge is 0.293 e. The number of benzene rings is 3. The van der Waals surface area contributed by atoms with E-state index in [0.717, 1.165) is 81.6 Å². The first kappa shape index (κ1) is 38.2. The lowest BCUT2D eigenvalue weighted by Crippen LogP contribution is -2.47. The number of amides is 1. The molecule has 2 aliphatic heterocycles. The van der Waals surface area contributed by atoms with E-state index in [9.17, 15) is 23.3 Å². The van der Waals surface area contributed by atoms with Crippen LogP contribution in [0.3, 0.4) is 0 Å². The molecule has 1 aliphatic carbocycles. The second-order valence-corrected chi connectivity index (χ2v) is 17.6. The Kier molecular flexibility index (Phi) is 12.0. The molecular formula is C38H45BrClN5O6S. The van der Waals surface area contributed by atoms with E-state index in [1.807, 2.05) is 24.3 Å². The molecule has 11 nitrogen and oxygen atoms in total. The molecule has 0 bridgehead atoms. The van der Waals surface area contributed by atoms with Crippen molar-refractivity contribution in [2.45, 2.75) is 50.8 Å². The van der Waals surface area contributed by atoms with Gasteiger partial charge in [0.15, 0.2) is 0 Å². The minimum Gasteiger partial charge on any atom is -0.381 e. The van der Waals surface area contributed by atoms with E-state index in [2.05, 4.69) is 61.7 Å². The highest BCUT2D eigenvalue weighted by atomic mass is 79.9. The predicted octanol–water partition coefficient (Wildman–Crippen LogP) is 7.75. The summed E-state index contributed by atoms with van der Waals surface area (Å²) in [5.41, 5.74) is 5.34. The molecule has 3 aromatic rings. The summed E-state index contributed by atoms with van der Waals surface area (Å²) in [5, 5.41) is 15.7. The van der Waals surface area contributed by atoms with Crippen LogP contribution in [-0.2, 0) is 14.8 Å². The fourth-order valence-electron chi connectivity index (χ4n) is 7.20. The molecule has 3 aliphatic rings. The van der Waals surface area contributed by atoms with Gasteiger partial charge in [0, 0.05) is 73.7 Å². The average Bonchev–Trinajstić information content (AvgIpc) is 3.12. The molecule has 2 N–H and O–H groups in total. The minimum atomic E-state index is -4.41. The summed E-state index contributed by atoms with van der Waals surface area (Å²) in [6.07, 6.45) is 4.97. The fraction of sp³-hybridized carbons (Fsp3) is 0.447. The Labute approximate surface area is 319 Å². The van der Waals surface area contributed by atoms with Gasteiger partial charge in [-0.15, -0.1) is 0 Å². The predicted molar refractivity (Wildman–Crippen MR) is 209 cm³/mol. The van der Waals surface area contributed by atoms with Crippen molar-refractivity contribution >= 4 is 66.1 Å². The van der Waals surface area contributed by atoms with Crippen LogP contribution in [0.5, 0.6) is 0 Å². The second-order valence-electron chi connectivity index (χ2n) is 14.7. The zero-order valence-corrected chi connectivity index (χ0v) is 32.7. The van der Waals surface area contributed by atoms with Gasteiger partial charge < -0.3 is 15.0 Å². The zero-order chi connectivity index (χ0) is 37.0. The van der Waals surface area contributed by atoms with E-state index >= 15 is 0 Å². The van der Waals surface area contributed by atoms with E-state index in [1.54, 1.807) is 6.07 Å². The number of carbonyl (C=O) groups is 1. The maximum absolute atomic E-state index is 13.2. The van der Waals surface area contributed by atoms with Crippen LogP contribution in [0.2, 0.25) is 5.02 Å². The molecule has 0 radical (unpaired) electrons. The van der Waals surface area contributed by atoms with Crippen LogP contribution in [0.1, 0.15) is 61.9 Å². The maximum atomic E-state index is 13.2. The molecule has 2 heterocycles. The highest BCUT2D eigenvalue weighted by Gasteiger charge is 2.30. The number of rotatable bonds is 11. The molecule has 2 saturated heterocycles. The molecule has 3 aromatic carbocycles. The van der Waals surface area contributed by atoms with Crippen molar-refractivity contribution in [3.8, 4) is 0 Å². The molecule has 0 aromatic heterocycles. The summed E-state index contributed by atoms with van der Waals surface area (Å²) in [6, 6.07) is 17.0. The van der Waals surface area contributed by atoms with Gasteiger partial charge in [0.1, 0.15) is 5.69 Å². The molecule has 0 unspecified atom stereocenters. The highest BCUT2D eigenvalue weighted by Crippen LogP contribution is 2.43. The zero-order valence-electron chi connectivity index (χ0n) is 29.5. The molecule has 0 atom stereocenters. The van der Waals surface area contributed by atoms with Crippen molar-refractivity contribution in [3.05, 3.63) is 97.0 Å². The van der Waals surface area contributed by atoms with Gasteiger partial charge in [-0.3, -0.25) is 19.8 Å². The van der Waals surface area contributed by atoms with Crippen LogP contribution < -0.4 is 14.9 Å². The highest BCUT2D eigenvalue weighted by molar-refractivity contribution is 9.10. The summed E-state index contributed by atoms with van der Waals surface area (Å²) in [5.74, 6) is -0.537. The van der Waals surface area contributed by atoms with Crippen molar-refractivity contribution < 1.29 is 22.9 Å². The van der Waals surface area contributed by atoms with Gasteiger partial charge in [0.05, 0.1) is 15.4 Å². The third kappa shape index (κ3) is 9.35. The number of anilines is 2. The van der Waals surface area contributed by atoms with E-state index in [-0.39, 0.29) is 27.2 Å². The first-order valence-corrected chi connectivity index (χ1v) is 20.3. The van der Waals surface area contributed by atoms with Crippen LogP contribution in [-0.4, -0.2) is 76.6 Å². The Balaban J connectivity index is 1.07. The number of hydrogen-bond acceptors (Lipinski definition) is 9. The lowest BCUT2D eigenvalue weighted by molar-refractivity contribution is -0.384. The van der Waals surface area contributed by atoms with Gasteiger partial charge >= 0.3 is 0 Å². The Morgan fingerprint density at radius 3 is 2.42 bits per heavy atom. The largest absolute Gasteiger partial charge is 0.381 e. The van der Waals surface area contributed by atoms with Crippen molar-refractivity contribution in [2.24, 2.45) is 11.3 Å². The number of hydrogen-bond donors (Lipinski definition) is 2. The first-order chi connectivity index (χ1) is 24.8. The average molecular weight is 815 g/mol. The molecule has 52 heavy (non-hydrogen) atoms. The normalized spacial score (nSPS) is 18.7. The Morgan fingerprint density at radius 1 is 1.04 bits per heavy atom. The molecule has 14 heteroatoms. The van der Waals surface area contributed by atoms with Crippen molar-refractivity contribution in [2.75, 3.05) is 62.7 Å². The molecule has 0 saturated carbocycles. The van der Waals surface area contributed by atoms with Crippen LogP contribution in [0, 0.1) is 21.4 Å². The number of piperazine rings is 1. The van der Waals surface area contributed by atoms with E-state index in [1.165, 1.54) is 28.8 Å². The van der Waals surface area contributed by atoms with E-state index < -0.39 is 20.9 Å². The quantitative estimate of drug-likeness (QED) is 0.147. The summed E-state index contributed by atoms with van der Waals surface area (Å²) in [7, 11) is -4.41. The number of nitrogens with one attached hydrogen (secondary N) is 2. The van der Waals surface area contributed by atoms with Crippen molar-refractivity contribution in [3.63, 3.8) is 0 Å². The third-order valence-corrected chi connectivity index (χ3v) is 12.6. The van der Waals surface area contributed by atoms with Crippen molar-refractivity contribution in [1.29, 1.82) is 0 Å². The number of nitro benzene ring substituents is 1. The van der Waals surface area contributed by atoms with Gasteiger partial charge in [-0.1, -0.05) is 43.2 Å². The van der Waals surface area contributed by atoms with Gasteiger partial charge in [0.25, 0.3) is 21.6 Å². The van der Waals surface area contributed by atoms with Crippen LogP contribution >= 0.6 is 27.5 Å². The summed E-state index contributed by atoms with van der Waals surface area (Å²) in [4.78, 5) is 28.8. The molecule has 278 valence electrons. The number of nitrogens with zero attached hydrogens (tertiary/aromatic N) is 3. The Hall–Kier alpha value is -3.49. The fourth-order valence-corrected chi connectivity index (χ4v) is 8.86. The van der Waals surface area contributed by atoms with Gasteiger partial charge in [-0.2, -0.15) is 0 Å². The molecule has 1 amide bonds. The maximum Gasteiger partial charge on any atom is 0.293 e. The Morgan fingerprint density at radius 2 is 1.75 bits per heavy atom. The van der Waals surface area contributed by atoms with Gasteiger partial charge in [-0.05, 0) is 113 Å². The number of carbonyl (C=O) groups excluding carboxylic acids is 1. The van der Waals surface area contributed by atoms with Gasteiger partial charge in [-0.25, -0.2) is 13.1 Å². The molecule has 6 rings (SSSR count).